The maximum atomic E-state index is 12.2. The van der Waals surface area contributed by atoms with E-state index in [0.29, 0.717) is 61.7 Å². The molecule has 0 unspecified atom stereocenters. The first-order valence-electron chi connectivity index (χ1n) is 9.99. The van der Waals surface area contributed by atoms with Gasteiger partial charge in [0.05, 0.1) is 39.2 Å². The number of anilines is 1. The van der Waals surface area contributed by atoms with E-state index in [1.807, 2.05) is 45.0 Å². The second-order valence-electron chi connectivity index (χ2n) is 6.01. The molecule has 2 amide bonds. The number of hydrogen-bond acceptors (Lipinski definition) is 6. The van der Waals surface area contributed by atoms with E-state index in [1.165, 1.54) is 0 Å². The Morgan fingerprint density at radius 2 is 1.40 bits per heavy atom. The highest BCUT2D eigenvalue weighted by molar-refractivity contribution is 5.90. The molecule has 0 saturated carbocycles. The summed E-state index contributed by atoms with van der Waals surface area (Å²) in [6.45, 7) is 7.72. The van der Waals surface area contributed by atoms with Gasteiger partial charge >= 0.3 is 6.03 Å². The first-order chi connectivity index (χ1) is 14.6. The van der Waals surface area contributed by atoms with Gasteiger partial charge < -0.3 is 34.3 Å². The fourth-order valence-electron chi connectivity index (χ4n) is 2.64. The van der Waals surface area contributed by atoms with Crippen molar-refractivity contribution in [2.75, 3.05) is 45.4 Å². The van der Waals surface area contributed by atoms with E-state index in [4.69, 9.17) is 23.7 Å². The molecule has 0 aromatic heterocycles. The summed E-state index contributed by atoms with van der Waals surface area (Å²) in [5.74, 6) is 3.02. The molecule has 30 heavy (non-hydrogen) atoms. The van der Waals surface area contributed by atoms with Gasteiger partial charge in [0.25, 0.3) is 0 Å². The second kappa shape index (κ2) is 12.3. The minimum Gasteiger partial charge on any atom is -0.497 e. The molecule has 2 aromatic carbocycles. The van der Waals surface area contributed by atoms with E-state index in [2.05, 4.69) is 10.6 Å². The van der Waals surface area contributed by atoms with E-state index in [0.717, 1.165) is 5.75 Å². The molecule has 0 heterocycles. The van der Waals surface area contributed by atoms with Crippen molar-refractivity contribution in [2.24, 2.45) is 0 Å². The summed E-state index contributed by atoms with van der Waals surface area (Å²) < 4.78 is 27.7. The molecule has 0 aliphatic rings. The predicted molar refractivity (Wildman–Crippen MR) is 115 cm³/mol. The first-order valence-corrected chi connectivity index (χ1v) is 9.99. The number of methoxy groups -OCH3 is 1. The minimum absolute atomic E-state index is 0.331. The van der Waals surface area contributed by atoms with E-state index in [-0.39, 0.29) is 6.03 Å². The van der Waals surface area contributed by atoms with Gasteiger partial charge in [0.1, 0.15) is 18.1 Å². The lowest BCUT2D eigenvalue weighted by Gasteiger charge is -2.17. The normalized spacial score (nSPS) is 10.1. The monoisotopic (exact) mass is 418 g/mol. The van der Waals surface area contributed by atoms with Crippen LogP contribution in [0.15, 0.2) is 36.4 Å². The molecule has 2 rings (SSSR count). The van der Waals surface area contributed by atoms with Crippen molar-refractivity contribution in [1.82, 2.24) is 5.32 Å². The molecule has 0 fully saturated rings. The third-order valence-electron chi connectivity index (χ3n) is 3.88. The van der Waals surface area contributed by atoms with Gasteiger partial charge in [-0.1, -0.05) is 0 Å². The Labute approximate surface area is 177 Å². The van der Waals surface area contributed by atoms with Crippen LogP contribution in [0.3, 0.4) is 0 Å². The zero-order valence-corrected chi connectivity index (χ0v) is 17.9. The number of ether oxygens (including phenoxy) is 5. The van der Waals surface area contributed by atoms with Crippen molar-refractivity contribution in [3.63, 3.8) is 0 Å². The first kappa shape index (κ1) is 23.0. The molecule has 0 aliphatic carbocycles. The fourth-order valence-corrected chi connectivity index (χ4v) is 2.64. The average molecular weight is 418 g/mol. The summed E-state index contributed by atoms with van der Waals surface area (Å²) in [6.07, 6.45) is 0. The lowest BCUT2D eigenvalue weighted by atomic mass is 10.2. The van der Waals surface area contributed by atoms with Gasteiger partial charge in [-0.25, -0.2) is 4.79 Å². The maximum Gasteiger partial charge on any atom is 0.319 e. The standard InChI is InChI=1S/C22H30N2O6/c1-5-27-19-14-16(15-20(28-6-2)21(19)29-7-3)24-22(25)23-12-13-30-18-10-8-17(26-4)9-11-18/h8-11,14-15H,5-7,12-13H2,1-4H3,(H2,23,24,25). The molecule has 0 atom stereocenters. The number of urea groups is 1. The summed E-state index contributed by atoms with van der Waals surface area (Å²) in [7, 11) is 1.61. The number of amides is 2. The third kappa shape index (κ3) is 6.95. The molecule has 2 N–H and O–H groups in total. The Kier molecular flexibility index (Phi) is 9.44. The zero-order chi connectivity index (χ0) is 21.8. The molecular formula is C22H30N2O6. The summed E-state index contributed by atoms with van der Waals surface area (Å²) in [5, 5.41) is 5.54. The maximum absolute atomic E-state index is 12.2. The predicted octanol–water partition coefficient (Wildman–Crippen LogP) is 4.09. The van der Waals surface area contributed by atoms with Gasteiger partial charge in [-0.2, -0.15) is 0 Å². The highest BCUT2D eigenvalue weighted by Gasteiger charge is 2.16. The van der Waals surface area contributed by atoms with Gasteiger partial charge in [0.2, 0.25) is 5.75 Å². The molecule has 164 valence electrons. The van der Waals surface area contributed by atoms with Crippen LogP contribution in [-0.2, 0) is 0 Å². The van der Waals surface area contributed by atoms with Crippen LogP contribution in [0.4, 0.5) is 10.5 Å². The Bertz CT molecular complexity index is 768. The lowest BCUT2D eigenvalue weighted by Crippen LogP contribution is -2.32. The molecule has 0 spiro atoms. The third-order valence-corrected chi connectivity index (χ3v) is 3.88. The van der Waals surface area contributed by atoms with Crippen molar-refractivity contribution >= 4 is 11.7 Å². The summed E-state index contributed by atoms with van der Waals surface area (Å²) in [5.41, 5.74) is 0.541. The van der Waals surface area contributed by atoms with Gasteiger partial charge in [-0.05, 0) is 45.0 Å². The quantitative estimate of drug-likeness (QED) is 0.505. The Balaban J connectivity index is 1.92. The van der Waals surface area contributed by atoms with Crippen LogP contribution >= 0.6 is 0 Å². The van der Waals surface area contributed by atoms with E-state index < -0.39 is 0 Å². The highest BCUT2D eigenvalue weighted by atomic mass is 16.5. The van der Waals surface area contributed by atoms with Gasteiger partial charge in [0, 0.05) is 12.1 Å². The number of benzene rings is 2. The second-order valence-corrected chi connectivity index (χ2v) is 6.01. The van der Waals surface area contributed by atoms with Crippen LogP contribution in [0.2, 0.25) is 0 Å². The summed E-state index contributed by atoms with van der Waals surface area (Å²) in [6, 6.07) is 10.3. The van der Waals surface area contributed by atoms with Gasteiger partial charge in [-0.15, -0.1) is 0 Å². The Hall–Kier alpha value is -3.29. The van der Waals surface area contributed by atoms with Gasteiger partial charge in [0.15, 0.2) is 11.5 Å². The summed E-state index contributed by atoms with van der Waals surface area (Å²) >= 11 is 0. The zero-order valence-electron chi connectivity index (χ0n) is 17.9. The van der Waals surface area contributed by atoms with E-state index >= 15 is 0 Å². The van der Waals surface area contributed by atoms with E-state index in [1.54, 1.807) is 19.2 Å². The number of carbonyl (C=O) groups excluding carboxylic acids is 1. The Morgan fingerprint density at radius 3 is 1.93 bits per heavy atom. The lowest BCUT2D eigenvalue weighted by molar-refractivity contribution is 0.247. The number of rotatable bonds is 12. The largest absolute Gasteiger partial charge is 0.497 e. The van der Waals surface area contributed by atoms with Crippen molar-refractivity contribution in [1.29, 1.82) is 0 Å². The van der Waals surface area contributed by atoms with Crippen LogP contribution in [0.5, 0.6) is 28.7 Å². The minimum atomic E-state index is -0.359. The van der Waals surface area contributed by atoms with Gasteiger partial charge in [-0.3, -0.25) is 0 Å². The number of nitrogens with one attached hydrogen (secondary N) is 2. The number of hydrogen-bond donors (Lipinski definition) is 2. The van der Waals surface area contributed by atoms with Crippen LogP contribution in [0.1, 0.15) is 20.8 Å². The van der Waals surface area contributed by atoms with Crippen LogP contribution in [0.25, 0.3) is 0 Å². The number of carbonyl (C=O) groups is 1. The molecule has 0 bridgehead atoms. The fraction of sp³-hybridized carbons (Fsp3) is 0.409. The molecule has 8 heteroatoms. The highest BCUT2D eigenvalue weighted by Crippen LogP contribution is 2.40. The SMILES string of the molecule is CCOc1cc(NC(=O)NCCOc2ccc(OC)cc2)cc(OCC)c1OCC. The van der Waals surface area contributed by atoms with Crippen LogP contribution < -0.4 is 34.3 Å². The van der Waals surface area contributed by atoms with Crippen molar-refractivity contribution in [2.45, 2.75) is 20.8 Å². The van der Waals surface area contributed by atoms with Crippen molar-refractivity contribution < 1.29 is 28.5 Å². The van der Waals surface area contributed by atoms with Crippen LogP contribution in [0, 0.1) is 0 Å². The smallest absolute Gasteiger partial charge is 0.319 e. The van der Waals surface area contributed by atoms with Crippen LogP contribution in [-0.4, -0.2) is 46.1 Å². The summed E-state index contributed by atoms with van der Waals surface area (Å²) in [4.78, 5) is 12.2. The van der Waals surface area contributed by atoms with Crippen molar-refractivity contribution in [3.8, 4) is 28.7 Å². The van der Waals surface area contributed by atoms with Crippen molar-refractivity contribution in [3.05, 3.63) is 36.4 Å². The topological polar surface area (TPSA) is 87.3 Å². The Morgan fingerprint density at radius 1 is 0.833 bits per heavy atom. The molecule has 0 saturated heterocycles. The average Bonchev–Trinajstić information content (AvgIpc) is 2.74. The van der Waals surface area contributed by atoms with E-state index in [9.17, 15) is 4.79 Å². The molecular weight excluding hydrogens is 388 g/mol. The molecule has 0 aliphatic heterocycles. The molecule has 0 radical (unpaired) electrons. The molecule has 8 nitrogen and oxygen atoms in total. The molecule has 2 aromatic rings.